The number of nitrogens with one attached hydrogen (secondary N) is 2. The van der Waals surface area contributed by atoms with E-state index in [1.807, 2.05) is 0 Å². The van der Waals surface area contributed by atoms with Crippen molar-refractivity contribution in [2.75, 3.05) is 5.32 Å². The highest BCUT2D eigenvalue weighted by molar-refractivity contribution is 5.95. The van der Waals surface area contributed by atoms with Gasteiger partial charge < -0.3 is 15.2 Å². The molecular formula is C24H22F3N7O. The van der Waals surface area contributed by atoms with Crippen molar-refractivity contribution in [3.63, 3.8) is 0 Å². The number of pyridine rings is 1. The number of benzene rings is 1. The molecule has 1 amide bonds. The third kappa shape index (κ3) is 4.79. The summed E-state index contributed by atoms with van der Waals surface area (Å²) in [5.74, 6) is 0.0259. The van der Waals surface area contributed by atoms with E-state index >= 15 is 0 Å². The number of carbonyl (C=O) groups excluding carboxylic acids is 1. The monoisotopic (exact) mass is 481 g/mol. The highest BCUT2D eigenvalue weighted by Crippen LogP contribution is 2.34. The van der Waals surface area contributed by atoms with Crippen molar-refractivity contribution in [3.05, 3.63) is 72.2 Å². The van der Waals surface area contributed by atoms with Gasteiger partial charge in [-0.1, -0.05) is 0 Å². The second-order valence-corrected chi connectivity index (χ2v) is 8.52. The molecule has 3 heterocycles. The van der Waals surface area contributed by atoms with Crippen LogP contribution in [0.25, 0.3) is 11.0 Å². The quantitative estimate of drug-likeness (QED) is 0.393. The molecule has 0 spiro atoms. The molecule has 0 aliphatic heterocycles. The van der Waals surface area contributed by atoms with Crippen LogP contribution < -0.4 is 10.6 Å². The van der Waals surface area contributed by atoms with E-state index in [-0.39, 0.29) is 5.91 Å². The van der Waals surface area contributed by atoms with Crippen molar-refractivity contribution in [3.8, 4) is 0 Å². The molecule has 2 N–H and O–H groups in total. The van der Waals surface area contributed by atoms with Crippen molar-refractivity contribution in [2.24, 2.45) is 0 Å². The predicted octanol–water partition coefficient (Wildman–Crippen LogP) is 5.20. The van der Waals surface area contributed by atoms with Gasteiger partial charge in [-0.25, -0.2) is 15.0 Å². The van der Waals surface area contributed by atoms with Crippen LogP contribution in [0.4, 0.5) is 24.7 Å². The topological polar surface area (TPSA) is 97.6 Å². The second-order valence-electron chi connectivity index (χ2n) is 8.52. The van der Waals surface area contributed by atoms with Crippen molar-refractivity contribution >= 4 is 28.4 Å². The lowest BCUT2D eigenvalue weighted by molar-refractivity contribution is -0.137. The van der Waals surface area contributed by atoms with E-state index in [4.69, 9.17) is 0 Å². The van der Waals surface area contributed by atoms with Crippen LogP contribution in [0.3, 0.4) is 0 Å². The summed E-state index contributed by atoms with van der Waals surface area (Å²) in [5, 5.41) is 5.78. The summed E-state index contributed by atoms with van der Waals surface area (Å²) in [6.07, 6.45) is 5.38. The van der Waals surface area contributed by atoms with Crippen molar-refractivity contribution in [1.82, 2.24) is 29.8 Å². The lowest BCUT2D eigenvalue weighted by Crippen LogP contribution is -2.28. The van der Waals surface area contributed by atoms with E-state index in [0.717, 1.165) is 36.0 Å². The number of fused-ring (bicyclic) bond motifs is 1. The van der Waals surface area contributed by atoms with E-state index < -0.39 is 17.8 Å². The summed E-state index contributed by atoms with van der Waals surface area (Å²) in [6.45, 7) is 1.78. The summed E-state index contributed by atoms with van der Waals surface area (Å²) in [4.78, 5) is 30.0. The maximum Gasteiger partial charge on any atom is 0.416 e. The summed E-state index contributed by atoms with van der Waals surface area (Å²) >= 11 is 0. The van der Waals surface area contributed by atoms with Gasteiger partial charge in [-0.15, -0.1) is 0 Å². The van der Waals surface area contributed by atoms with Gasteiger partial charge in [0, 0.05) is 11.7 Å². The van der Waals surface area contributed by atoms with Crippen LogP contribution in [0.1, 0.15) is 60.0 Å². The number of amides is 1. The van der Waals surface area contributed by atoms with E-state index in [2.05, 4.69) is 35.1 Å². The van der Waals surface area contributed by atoms with Crippen molar-refractivity contribution in [2.45, 2.75) is 44.4 Å². The summed E-state index contributed by atoms with van der Waals surface area (Å²) in [7, 11) is 0. The molecule has 1 aromatic carbocycles. The minimum atomic E-state index is -4.39. The Hall–Kier alpha value is -4.02. The number of alkyl halides is 3. The van der Waals surface area contributed by atoms with Gasteiger partial charge in [0.25, 0.3) is 5.91 Å². The standard InChI is InChI=1S/C24H22F3N7O/c1-14(19-10-30-22(12-29-19)33-16-7-5-15(6-8-16)24(25,26)27)32-23(35)18-9-21-20(11-28-18)31-13-34(21)17-3-2-4-17/h5-14,17H,2-4H2,1H3,(H,30,33)(H,32,35). The molecule has 1 fully saturated rings. The molecule has 5 rings (SSSR count). The molecule has 1 aliphatic carbocycles. The van der Waals surface area contributed by atoms with E-state index in [9.17, 15) is 18.0 Å². The summed E-state index contributed by atoms with van der Waals surface area (Å²) in [6, 6.07) is 6.36. The van der Waals surface area contributed by atoms with Crippen LogP contribution in [-0.4, -0.2) is 30.4 Å². The fourth-order valence-corrected chi connectivity index (χ4v) is 3.87. The smallest absolute Gasteiger partial charge is 0.343 e. The third-order valence-electron chi connectivity index (χ3n) is 6.11. The lowest BCUT2D eigenvalue weighted by atomic mass is 9.93. The van der Waals surface area contributed by atoms with Gasteiger partial charge in [-0.2, -0.15) is 13.2 Å². The SMILES string of the molecule is CC(NC(=O)c1cc2c(cn1)ncn2C1CCC1)c1cnc(Nc2ccc(C(F)(F)F)cc2)cn1. The average Bonchev–Trinajstić information content (AvgIpc) is 3.21. The molecule has 1 atom stereocenters. The molecule has 180 valence electrons. The first-order valence-corrected chi connectivity index (χ1v) is 11.2. The average molecular weight is 481 g/mol. The Morgan fingerprint density at radius 2 is 1.83 bits per heavy atom. The zero-order valence-corrected chi connectivity index (χ0v) is 18.8. The molecule has 1 unspecified atom stereocenters. The fraction of sp³-hybridized carbons (Fsp3) is 0.292. The number of hydrogen-bond donors (Lipinski definition) is 2. The molecule has 4 aromatic rings. The molecule has 3 aromatic heterocycles. The first-order valence-electron chi connectivity index (χ1n) is 11.2. The van der Waals surface area contributed by atoms with Gasteiger partial charge in [-0.3, -0.25) is 9.78 Å². The van der Waals surface area contributed by atoms with Gasteiger partial charge >= 0.3 is 6.18 Å². The summed E-state index contributed by atoms with van der Waals surface area (Å²) < 4.78 is 40.2. The van der Waals surface area contributed by atoms with Crippen LogP contribution in [-0.2, 0) is 6.18 Å². The van der Waals surface area contributed by atoms with Crippen LogP contribution in [0, 0.1) is 0 Å². The molecule has 0 saturated heterocycles. The maximum atomic E-state index is 12.8. The lowest BCUT2D eigenvalue weighted by Gasteiger charge is -2.27. The Labute approximate surface area is 198 Å². The van der Waals surface area contributed by atoms with E-state index in [1.54, 1.807) is 25.5 Å². The normalized spacial score (nSPS) is 15.0. The van der Waals surface area contributed by atoms with Crippen molar-refractivity contribution < 1.29 is 18.0 Å². The fourth-order valence-electron chi connectivity index (χ4n) is 3.87. The number of carbonyl (C=O) groups is 1. The number of aromatic nitrogens is 5. The largest absolute Gasteiger partial charge is 0.416 e. The molecule has 0 bridgehead atoms. The molecule has 1 aliphatic rings. The van der Waals surface area contributed by atoms with Crippen LogP contribution in [0.15, 0.2) is 55.2 Å². The number of imidazole rings is 1. The van der Waals surface area contributed by atoms with Gasteiger partial charge in [-0.05, 0) is 56.5 Å². The second kappa shape index (κ2) is 8.97. The number of hydrogen-bond acceptors (Lipinski definition) is 6. The first kappa shape index (κ1) is 22.8. The summed E-state index contributed by atoms with van der Waals surface area (Å²) in [5.41, 5.74) is 2.18. The van der Waals surface area contributed by atoms with Gasteiger partial charge in [0.2, 0.25) is 0 Å². The van der Waals surface area contributed by atoms with Gasteiger partial charge in [0.15, 0.2) is 0 Å². The maximum absolute atomic E-state index is 12.8. The molecule has 8 nitrogen and oxygen atoms in total. The van der Waals surface area contributed by atoms with Crippen molar-refractivity contribution in [1.29, 1.82) is 0 Å². The zero-order valence-electron chi connectivity index (χ0n) is 18.8. The Bertz CT molecular complexity index is 1350. The minimum Gasteiger partial charge on any atom is -0.343 e. The van der Waals surface area contributed by atoms with E-state index in [1.165, 1.54) is 30.9 Å². The first-order chi connectivity index (χ1) is 16.8. The zero-order chi connectivity index (χ0) is 24.6. The number of rotatable bonds is 6. The number of nitrogens with zero attached hydrogens (tertiary/aromatic N) is 5. The highest BCUT2D eigenvalue weighted by Gasteiger charge is 2.30. The Morgan fingerprint density at radius 1 is 1.06 bits per heavy atom. The Balaban J connectivity index is 1.23. The molecule has 0 radical (unpaired) electrons. The number of anilines is 2. The molecule has 1 saturated carbocycles. The predicted molar refractivity (Wildman–Crippen MR) is 123 cm³/mol. The Kier molecular flexibility index (Phi) is 5.83. The van der Waals surface area contributed by atoms with Crippen LogP contribution >= 0.6 is 0 Å². The third-order valence-corrected chi connectivity index (χ3v) is 6.11. The minimum absolute atomic E-state index is 0.291. The molecule has 11 heteroatoms. The number of halogens is 3. The van der Waals surface area contributed by atoms with Crippen LogP contribution in [0.2, 0.25) is 0 Å². The molecule has 35 heavy (non-hydrogen) atoms. The molecular weight excluding hydrogens is 459 g/mol. The van der Waals surface area contributed by atoms with Crippen LogP contribution in [0.5, 0.6) is 0 Å². The van der Waals surface area contributed by atoms with E-state index in [0.29, 0.717) is 28.9 Å². The Morgan fingerprint density at radius 3 is 2.46 bits per heavy atom. The highest BCUT2D eigenvalue weighted by atomic mass is 19.4. The van der Waals surface area contributed by atoms with Gasteiger partial charge in [0.05, 0.1) is 47.7 Å². The van der Waals surface area contributed by atoms with Gasteiger partial charge in [0.1, 0.15) is 17.0 Å².